The lowest BCUT2D eigenvalue weighted by atomic mass is 9.99. The van der Waals surface area contributed by atoms with E-state index in [1.165, 1.54) is 0 Å². The zero-order chi connectivity index (χ0) is 14.7. The molecule has 0 bridgehead atoms. The number of rotatable bonds is 4. The topological polar surface area (TPSA) is 93.5 Å². The Bertz CT molecular complexity index is 530. The van der Waals surface area contributed by atoms with Crippen LogP contribution >= 0.6 is 0 Å². The van der Waals surface area contributed by atoms with Crippen molar-refractivity contribution in [1.29, 1.82) is 0 Å². The first-order valence-electron chi connectivity index (χ1n) is 6.64. The molecule has 20 heavy (non-hydrogen) atoms. The number of ether oxygens (including phenoxy) is 1. The van der Waals surface area contributed by atoms with Crippen LogP contribution in [0.4, 0.5) is 11.4 Å². The van der Waals surface area contributed by atoms with E-state index in [0.29, 0.717) is 17.1 Å². The van der Waals surface area contributed by atoms with Crippen molar-refractivity contribution >= 4 is 23.2 Å². The summed E-state index contributed by atoms with van der Waals surface area (Å²) in [7, 11) is 0. The molecule has 0 radical (unpaired) electrons. The number of hydrogen-bond acceptors (Lipinski definition) is 4. The minimum absolute atomic E-state index is 0.0115. The molecule has 2 atom stereocenters. The van der Waals surface area contributed by atoms with Gasteiger partial charge in [0, 0.05) is 5.69 Å². The summed E-state index contributed by atoms with van der Waals surface area (Å²) in [6.45, 7) is 3.94. The van der Waals surface area contributed by atoms with Crippen molar-refractivity contribution < 1.29 is 14.3 Å². The molecule has 0 aromatic heterocycles. The van der Waals surface area contributed by atoms with Gasteiger partial charge in [-0.3, -0.25) is 9.59 Å². The molecule has 4 N–H and O–H groups in total. The van der Waals surface area contributed by atoms with E-state index in [1.807, 2.05) is 13.8 Å². The quantitative estimate of drug-likeness (QED) is 0.774. The van der Waals surface area contributed by atoms with E-state index >= 15 is 0 Å². The van der Waals surface area contributed by atoms with Gasteiger partial charge in [-0.15, -0.1) is 0 Å². The van der Waals surface area contributed by atoms with Crippen LogP contribution < -0.4 is 21.1 Å². The van der Waals surface area contributed by atoms with Crippen LogP contribution in [-0.4, -0.2) is 24.5 Å². The third-order valence-corrected chi connectivity index (χ3v) is 3.44. The fourth-order valence-electron chi connectivity index (χ4n) is 1.90. The van der Waals surface area contributed by atoms with Gasteiger partial charge in [0.25, 0.3) is 5.91 Å². The van der Waals surface area contributed by atoms with Gasteiger partial charge in [0.15, 0.2) is 6.61 Å². The Morgan fingerprint density at radius 2 is 2.30 bits per heavy atom. The smallest absolute Gasteiger partial charge is 0.262 e. The average molecular weight is 277 g/mol. The van der Waals surface area contributed by atoms with Gasteiger partial charge >= 0.3 is 0 Å². The largest absolute Gasteiger partial charge is 0.482 e. The van der Waals surface area contributed by atoms with Crippen LogP contribution in [0.2, 0.25) is 0 Å². The first kappa shape index (κ1) is 14.3. The van der Waals surface area contributed by atoms with Gasteiger partial charge in [-0.25, -0.2) is 0 Å². The summed E-state index contributed by atoms with van der Waals surface area (Å²) in [5.74, 6) is 0.254. The summed E-state index contributed by atoms with van der Waals surface area (Å²) < 4.78 is 5.25. The molecule has 1 aromatic rings. The zero-order valence-corrected chi connectivity index (χ0v) is 11.6. The molecule has 108 valence electrons. The Morgan fingerprint density at radius 1 is 1.55 bits per heavy atom. The summed E-state index contributed by atoms with van der Waals surface area (Å²) in [6.07, 6.45) is 0.836. The van der Waals surface area contributed by atoms with Gasteiger partial charge in [0.05, 0.1) is 11.7 Å². The van der Waals surface area contributed by atoms with E-state index in [9.17, 15) is 9.59 Å². The van der Waals surface area contributed by atoms with Gasteiger partial charge in [0.1, 0.15) is 5.75 Å². The summed E-state index contributed by atoms with van der Waals surface area (Å²) in [5.41, 5.74) is 7.01. The molecule has 2 rings (SSSR count). The van der Waals surface area contributed by atoms with Crippen LogP contribution in [-0.2, 0) is 9.59 Å². The predicted octanol–water partition coefficient (Wildman–Crippen LogP) is 1.33. The maximum atomic E-state index is 12.0. The molecular formula is C14H19N3O3. The van der Waals surface area contributed by atoms with Crippen molar-refractivity contribution in [2.45, 2.75) is 26.3 Å². The second-order valence-electron chi connectivity index (χ2n) is 4.95. The van der Waals surface area contributed by atoms with E-state index in [4.69, 9.17) is 10.5 Å². The third kappa shape index (κ3) is 3.08. The van der Waals surface area contributed by atoms with Gasteiger partial charge < -0.3 is 21.1 Å². The van der Waals surface area contributed by atoms with Gasteiger partial charge in [-0.05, 0) is 24.1 Å². The highest BCUT2D eigenvalue weighted by Crippen LogP contribution is 2.30. The maximum Gasteiger partial charge on any atom is 0.262 e. The van der Waals surface area contributed by atoms with Crippen LogP contribution in [0.15, 0.2) is 18.2 Å². The van der Waals surface area contributed by atoms with Crippen molar-refractivity contribution in [2.24, 2.45) is 11.7 Å². The summed E-state index contributed by atoms with van der Waals surface area (Å²) in [4.78, 5) is 23.2. The Hall–Kier alpha value is -2.08. The van der Waals surface area contributed by atoms with E-state index in [-0.39, 0.29) is 24.3 Å². The third-order valence-electron chi connectivity index (χ3n) is 3.44. The fraction of sp³-hybridized carbons (Fsp3) is 0.429. The highest BCUT2D eigenvalue weighted by molar-refractivity contribution is 5.98. The monoisotopic (exact) mass is 277 g/mol. The second kappa shape index (κ2) is 5.92. The van der Waals surface area contributed by atoms with Crippen molar-refractivity contribution in [3.05, 3.63) is 18.2 Å². The van der Waals surface area contributed by atoms with Crippen LogP contribution in [0.25, 0.3) is 0 Å². The van der Waals surface area contributed by atoms with E-state index in [0.717, 1.165) is 6.42 Å². The molecule has 0 fully saturated rings. The normalized spacial score (nSPS) is 16.4. The van der Waals surface area contributed by atoms with Crippen molar-refractivity contribution in [3.63, 3.8) is 0 Å². The fourth-order valence-corrected chi connectivity index (χ4v) is 1.90. The lowest BCUT2D eigenvalue weighted by Crippen LogP contribution is -2.40. The predicted molar refractivity (Wildman–Crippen MR) is 76.6 cm³/mol. The lowest BCUT2D eigenvalue weighted by Gasteiger charge is -2.20. The number of nitrogens with two attached hydrogens (primary N) is 1. The molecule has 0 saturated heterocycles. The van der Waals surface area contributed by atoms with Crippen LogP contribution in [0.1, 0.15) is 20.3 Å². The molecule has 0 aliphatic carbocycles. The Morgan fingerprint density at radius 3 is 3.00 bits per heavy atom. The highest BCUT2D eigenvalue weighted by Gasteiger charge is 2.21. The molecule has 1 unspecified atom stereocenters. The number of hydrogen-bond donors (Lipinski definition) is 3. The number of fused-ring (bicyclic) bond motifs is 1. The SMILES string of the molecule is CCC(C)[C@H](N)C(=O)Nc1ccc2c(c1)NC(=O)CO2. The molecular weight excluding hydrogens is 258 g/mol. The van der Waals surface area contributed by atoms with Gasteiger partial charge in [-0.1, -0.05) is 20.3 Å². The van der Waals surface area contributed by atoms with E-state index < -0.39 is 6.04 Å². The van der Waals surface area contributed by atoms with E-state index in [1.54, 1.807) is 18.2 Å². The molecule has 1 aromatic carbocycles. The number of amides is 2. The Balaban J connectivity index is 2.09. The van der Waals surface area contributed by atoms with Crippen molar-refractivity contribution in [1.82, 2.24) is 0 Å². The number of benzene rings is 1. The summed E-state index contributed by atoms with van der Waals surface area (Å²) in [5, 5.41) is 5.44. The number of nitrogens with one attached hydrogen (secondary N) is 2. The number of anilines is 2. The number of carbonyl (C=O) groups is 2. The molecule has 2 amide bonds. The number of carbonyl (C=O) groups excluding carboxylic acids is 2. The molecule has 1 aliphatic heterocycles. The Labute approximate surface area is 117 Å². The molecule has 0 spiro atoms. The molecule has 6 nitrogen and oxygen atoms in total. The second-order valence-corrected chi connectivity index (χ2v) is 4.95. The lowest BCUT2D eigenvalue weighted by molar-refractivity contribution is -0.119. The molecule has 6 heteroatoms. The highest BCUT2D eigenvalue weighted by atomic mass is 16.5. The van der Waals surface area contributed by atoms with Crippen molar-refractivity contribution in [2.75, 3.05) is 17.2 Å². The summed E-state index contributed by atoms with van der Waals surface area (Å²) in [6, 6.07) is 4.53. The average Bonchev–Trinajstić information content (AvgIpc) is 2.45. The summed E-state index contributed by atoms with van der Waals surface area (Å²) >= 11 is 0. The first-order valence-corrected chi connectivity index (χ1v) is 6.64. The standard InChI is InChI=1S/C14H19N3O3/c1-3-8(2)13(15)14(19)16-9-4-5-11-10(6-9)17-12(18)7-20-11/h4-6,8,13H,3,7,15H2,1-2H3,(H,16,19)(H,17,18)/t8?,13-/m0/s1. The van der Waals surface area contributed by atoms with E-state index in [2.05, 4.69) is 10.6 Å². The van der Waals surface area contributed by atoms with Crippen LogP contribution in [0.5, 0.6) is 5.75 Å². The van der Waals surface area contributed by atoms with Gasteiger partial charge in [-0.2, -0.15) is 0 Å². The zero-order valence-electron chi connectivity index (χ0n) is 11.6. The van der Waals surface area contributed by atoms with Crippen LogP contribution in [0.3, 0.4) is 0 Å². The van der Waals surface area contributed by atoms with Gasteiger partial charge in [0.2, 0.25) is 5.91 Å². The molecule has 1 aliphatic rings. The first-order chi connectivity index (χ1) is 9.51. The minimum Gasteiger partial charge on any atom is -0.482 e. The Kier molecular flexibility index (Phi) is 4.24. The maximum absolute atomic E-state index is 12.0. The molecule has 1 heterocycles. The van der Waals surface area contributed by atoms with Crippen molar-refractivity contribution in [3.8, 4) is 5.75 Å². The van der Waals surface area contributed by atoms with Crippen LogP contribution in [0, 0.1) is 5.92 Å². The molecule has 0 saturated carbocycles. The minimum atomic E-state index is -0.554.